The predicted octanol–water partition coefficient (Wildman–Crippen LogP) is 5.92. The van der Waals surface area contributed by atoms with Crippen LogP contribution in [0.1, 0.15) is 25.0 Å². The smallest absolute Gasteiger partial charge is 0.416 e. The Morgan fingerprint density at radius 3 is 2.48 bits per heavy atom. The Hall–Kier alpha value is -3.81. The number of fused-ring (bicyclic) bond motifs is 1. The molecule has 3 aromatic rings. The normalized spacial score (nSPS) is 17.5. The van der Waals surface area contributed by atoms with Crippen molar-refractivity contribution >= 4 is 34.8 Å². The van der Waals surface area contributed by atoms with E-state index >= 15 is 0 Å². The van der Waals surface area contributed by atoms with Crippen molar-refractivity contribution in [1.29, 1.82) is 0 Å². The highest BCUT2D eigenvalue weighted by Gasteiger charge is 2.34. The van der Waals surface area contributed by atoms with E-state index in [2.05, 4.69) is 37.7 Å². The maximum absolute atomic E-state index is 13.9. The molecule has 2 aromatic carbocycles. The third-order valence-electron chi connectivity index (χ3n) is 7.01. The fourth-order valence-corrected chi connectivity index (χ4v) is 4.99. The minimum Gasteiger partial charge on any atom is -0.483 e. The van der Waals surface area contributed by atoms with Gasteiger partial charge in [-0.15, -0.1) is 0 Å². The van der Waals surface area contributed by atoms with Crippen molar-refractivity contribution in [3.8, 4) is 17.4 Å². The van der Waals surface area contributed by atoms with E-state index < -0.39 is 17.8 Å². The number of ether oxygens (including phenoxy) is 2. The molecule has 1 saturated heterocycles. The first-order chi connectivity index (χ1) is 20.1. The minimum atomic E-state index is -4.57. The number of piperazine rings is 1. The zero-order valence-electron chi connectivity index (χ0n) is 23.1. The van der Waals surface area contributed by atoms with Crippen LogP contribution in [0.25, 0.3) is 0 Å². The van der Waals surface area contributed by atoms with E-state index in [1.54, 1.807) is 0 Å². The number of carbonyl (C=O) groups excluding carboxylic acids is 1. The van der Waals surface area contributed by atoms with E-state index in [9.17, 15) is 18.0 Å². The van der Waals surface area contributed by atoms with Crippen LogP contribution in [0.4, 0.5) is 35.2 Å². The van der Waals surface area contributed by atoms with Gasteiger partial charge in [0.05, 0.1) is 16.6 Å². The molecule has 0 aliphatic carbocycles. The summed E-state index contributed by atoms with van der Waals surface area (Å²) in [4.78, 5) is 25.2. The average Bonchev–Trinajstić information content (AvgIpc) is 2.95. The molecule has 0 spiro atoms. The van der Waals surface area contributed by atoms with E-state index in [4.69, 9.17) is 21.1 Å². The molecule has 10 nitrogen and oxygen atoms in total. The average molecular weight is 606 g/mol. The summed E-state index contributed by atoms with van der Waals surface area (Å²) < 4.78 is 53.3. The Bertz CT molecular complexity index is 1430. The number of hydrogen-bond donors (Lipinski definition) is 3. The topological polar surface area (TPSA) is 104 Å². The lowest BCUT2D eigenvalue weighted by Gasteiger charge is -2.34. The van der Waals surface area contributed by atoms with Gasteiger partial charge in [-0.1, -0.05) is 24.6 Å². The quantitative estimate of drug-likeness (QED) is 0.305. The van der Waals surface area contributed by atoms with Gasteiger partial charge in [-0.2, -0.15) is 18.2 Å². The fourth-order valence-electron chi connectivity index (χ4n) is 4.77. The summed E-state index contributed by atoms with van der Waals surface area (Å²) >= 11 is 6.39. The van der Waals surface area contributed by atoms with Gasteiger partial charge in [0.1, 0.15) is 18.7 Å². The van der Waals surface area contributed by atoms with Crippen molar-refractivity contribution in [2.45, 2.75) is 32.6 Å². The lowest BCUT2D eigenvalue weighted by Crippen LogP contribution is -2.45. The summed E-state index contributed by atoms with van der Waals surface area (Å²) in [5.74, 6) is 1.29. The molecule has 0 saturated carbocycles. The number of alkyl halides is 3. The molecule has 5 rings (SSSR count). The second-order valence-corrected chi connectivity index (χ2v) is 10.5. The van der Waals surface area contributed by atoms with Crippen molar-refractivity contribution < 1.29 is 27.4 Å². The number of hydrogen-bond acceptors (Lipinski definition) is 8. The molecular formula is C28H31ClF3N7O3. The minimum absolute atomic E-state index is 0.0156. The highest BCUT2D eigenvalue weighted by atomic mass is 35.5. The Morgan fingerprint density at radius 1 is 1.10 bits per heavy atom. The van der Waals surface area contributed by atoms with Crippen molar-refractivity contribution in [2.24, 2.45) is 0 Å². The standard InChI is InChI=1S/C28H31ClF3N7O3/c1-3-38-8-10-39(11-9-38)14-18-4-5-19(12-21(18)28(30,31)32)36-27(40)37-20-6-7-23(22(29)13-20)42-26-24-25(33-16-34-26)35-17(2)15-41-24/h4-7,12-13,16-17H,3,8-11,14-15H2,1-2H3,(H,33,34,35)(H2,36,37,40)/t17-/m1/s1. The van der Waals surface area contributed by atoms with Crippen molar-refractivity contribution in [2.75, 3.05) is 55.3 Å². The van der Waals surface area contributed by atoms with Crippen LogP contribution in [-0.4, -0.2) is 71.2 Å². The summed E-state index contributed by atoms with van der Waals surface area (Å²) in [6.07, 6.45) is -3.23. The van der Waals surface area contributed by atoms with Gasteiger partial charge in [0.25, 0.3) is 5.88 Å². The van der Waals surface area contributed by atoms with Gasteiger partial charge in [0, 0.05) is 44.1 Å². The third-order valence-corrected chi connectivity index (χ3v) is 7.30. The SMILES string of the molecule is CCN1CCN(Cc2ccc(NC(=O)Nc3ccc(Oc4ncnc5c4OC[C@@H](C)N5)c(Cl)c3)cc2C(F)(F)F)CC1. The number of benzene rings is 2. The molecule has 3 heterocycles. The molecule has 2 aliphatic heterocycles. The van der Waals surface area contributed by atoms with Gasteiger partial charge < -0.3 is 30.3 Å². The molecule has 224 valence electrons. The van der Waals surface area contributed by atoms with Crippen LogP contribution in [0.2, 0.25) is 5.02 Å². The summed E-state index contributed by atoms with van der Waals surface area (Å²) in [7, 11) is 0. The number of aromatic nitrogens is 2. The second-order valence-electron chi connectivity index (χ2n) is 10.1. The number of nitrogens with zero attached hydrogens (tertiary/aromatic N) is 4. The second kappa shape index (κ2) is 12.6. The van der Waals surface area contributed by atoms with Gasteiger partial charge in [-0.3, -0.25) is 4.90 Å². The summed E-state index contributed by atoms with van der Waals surface area (Å²) in [6, 6.07) is 7.71. The first kappa shape index (κ1) is 29.7. The fraction of sp³-hybridized carbons (Fsp3) is 0.393. The Labute approximate surface area is 246 Å². The van der Waals surface area contributed by atoms with Gasteiger partial charge >= 0.3 is 12.2 Å². The van der Waals surface area contributed by atoms with Crippen LogP contribution < -0.4 is 25.4 Å². The van der Waals surface area contributed by atoms with Crippen LogP contribution in [0.5, 0.6) is 17.4 Å². The number of likely N-dealkylation sites (N-methyl/N-ethyl adjacent to an activating group) is 1. The van der Waals surface area contributed by atoms with Crippen LogP contribution in [-0.2, 0) is 12.7 Å². The number of amides is 2. The zero-order chi connectivity index (χ0) is 29.9. The highest BCUT2D eigenvalue weighted by Crippen LogP contribution is 2.39. The number of halogens is 4. The monoisotopic (exact) mass is 605 g/mol. The lowest BCUT2D eigenvalue weighted by molar-refractivity contribution is -0.138. The first-order valence-electron chi connectivity index (χ1n) is 13.5. The maximum atomic E-state index is 13.9. The van der Waals surface area contributed by atoms with Crippen LogP contribution in [0, 0.1) is 0 Å². The van der Waals surface area contributed by atoms with Crippen LogP contribution >= 0.6 is 11.6 Å². The lowest BCUT2D eigenvalue weighted by atomic mass is 10.0. The molecule has 1 fully saturated rings. The molecule has 2 amide bonds. The summed E-state index contributed by atoms with van der Waals surface area (Å²) in [5.41, 5.74) is -0.285. The van der Waals surface area contributed by atoms with Crippen LogP contribution in [0.15, 0.2) is 42.7 Å². The predicted molar refractivity (Wildman–Crippen MR) is 154 cm³/mol. The molecule has 14 heteroatoms. The third kappa shape index (κ3) is 7.15. The van der Waals surface area contributed by atoms with Crippen molar-refractivity contribution in [3.05, 3.63) is 58.9 Å². The first-order valence-corrected chi connectivity index (χ1v) is 13.9. The molecule has 0 radical (unpaired) electrons. The number of carbonyl (C=O) groups is 1. The van der Waals surface area contributed by atoms with Gasteiger partial charge in [-0.05, 0) is 49.4 Å². The van der Waals surface area contributed by atoms with E-state index in [0.717, 1.165) is 25.7 Å². The van der Waals surface area contributed by atoms with Crippen molar-refractivity contribution in [3.63, 3.8) is 0 Å². The molecule has 0 unspecified atom stereocenters. The molecular weight excluding hydrogens is 575 g/mol. The largest absolute Gasteiger partial charge is 0.483 e. The molecule has 1 atom stereocenters. The molecule has 1 aromatic heterocycles. The Morgan fingerprint density at radius 2 is 1.79 bits per heavy atom. The van der Waals surface area contributed by atoms with Gasteiger partial charge in [0.15, 0.2) is 5.82 Å². The Balaban J connectivity index is 1.23. The molecule has 42 heavy (non-hydrogen) atoms. The van der Waals surface area contributed by atoms with Gasteiger partial charge in [0.2, 0.25) is 5.75 Å². The van der Waals surface area contributed by atoms with Crippen LogP contribution in [0.3, 0.4) is 0 Å². The number of rotatable bonds is 7. The molecule has 2 aliphatic rings. The number of anilines is 3. The number of urea groups is 1. The summed E-state index contributed by atoms with van der Waals surface area (Å²) in [5, 5.41) is 8.40. The van der Waals surface area contributed by atoms with E-state index in [1.807, 2.05) is 11.8 Å². The zero-order valence-corrected chi connectivity index (χ0v) is 23.8. The maximum Gasteiger partial charge on any atom is 0.416 e. The molecule has 3 N–H and O–H groups in total. The molecule has 0 bridgehead atoms. The van der Waals surface area contributed by atoms with E-state index in [-0.39, 0.29) is 40.5 Å². The number of nitrogens with one attached hydrogen (secondary N) is 3. The van der Waals surface area contributed by atoms with Gasteiger partial charge in [-0.25, -0.2) is 9.78 Å². The summed E-state index contributed by atoms with van der Waals surface area (Å²) in [6.45, 7) is 8.58. The van der Waals surface area contributed by atoms with E-state index in [1.165, 1.54) is 36.7 Å². The highest BCUT2D eigenvalue weighted by molar-refractivity contribution is 6.32. The Kier molecular flexibility index (Phi) is 8.90. The van der Waals surface area contributed by atoms with Crippen molar-refractivity contribution in [1.82, 2.24) is 19.8 Å². The van der Waals surface area contributed by atoms with E-state index in [0.29, 0.717) is 37.0 Å².